The lowest BCUT2D eigenvalue weighted by Gasteiger charge is -2.08. The summed E-state index contributed by atoms with van der Waals surface area (Å²) in [4.78, 5) is 12.0. The standard InChI is InChI=1S/C17H24N4OS/c1-3-4-7-10-21-13-19-20-17(21)23-12-16(22)18-11-15-9-6-5-8-14(15)2/h5-6,8-9,13H,3-4,7,10-12H2,1-2H3,(H,18,22). The van der Waals surface area contributed by atoms with Gasteiger partial charge in [0.15, 0.2) is 5.16 Å². The van der Waals surface area contributed by atoms with Gasteiger partial charge in [0.2, 0.25) is 5.91 Å². The number of benzene rings is 1. The molecule has 0 saturated heterocycles. The fourth-order valence-electron chi connectivity index (χ4n) is 2.23. The smallest absolute Gasteiger partial charge is 0.230 e. The largest absolute Gasteiger partial charge is 0.351 e. The van der Waals surface area contributed by atoms with Gasteiger partial charge in [-0.3, -0.25) is 4.79 Å². The minimum Gasteiger partial charge on any atom is -0.351 e. The van der Waals surface area contributed by atoms with Crippen molar-refractivity contribution in [1.82, 2.24) is 20.1 Å². The molecule has 0 aliphatic heterocycles. The molecule has 0 saturated carbocycles. The van der Waals surface area contributed by atoms with Crippen molar-refractivity contribution in [2.75, 3.05) is 5.75 Å². The summed E-state index contributed by atoms with van der Waals surface area (Å²) in [7, 11) is 0. The van der Waals surface area contributed by atoms with E-state index < -0.39 is 0 Å². The predicted octanol–water partition coefficient (Wildman–Crippen LogP) is 3.19. The Kier molecular flexibility index (Phi) is 7.13. The molecule has 0 radical (unpaired) electrons. The minimum atomic E-state index is 0.0151. The Morgan fingerprint density at radius 2 is 2.13 bits per heavy atom. The van der Waals surface area contributed by atoms with Crippen LogP contribution in [0.2, 0.25) is 0 Å². The number of carbonyl (C=O) groups excluding carboxylic acids is 1. The van der Waals surface area contributed by atoms with E-state index in [0.29, 0.717) is 12.3 Å². The van der Waals surface area contributed by atoms with Gasteiger partial charge in [-0.1, -0.05) is 55.8 Å². The monoisotopic (exact) mass is 332 g/mol. The van der Waals surface area contributed by atoms with E-state index in [-0.39, 0.29) is 5.91 Å². The Hall–Kier alpha value is -1.82. The van der Waals surface area contributed by atoms with Crippen LogP contribution in [0.25, 0.3) is 0 Å². The highest BCUT2D eigenvalue weighted by molar-refractivity contribution is 7.99. The van der Waals surface area contributed by atoms with Gasteiger partial charge in [-0.15, -0.1) is 10.2 Å². The molecule has 5 nitrogen and oxygen atoms in total. The topological polar surface area (TPSA) is 59.8 Å². The van der Waals surface area contributed by atoms with Gasteiger partial charge in [0.1, 0.15) is 6.33 Å². The Bertz CT molecular complexity index is 627. The average Bonchev–Trinajstić information content (AvgIpc) is 3.00. The van der Waals surface area contributed by atoms with Gasteiger partial charge in [-0.25, -0.2) is 0 Å². The lowest BCUT2D eigenvalue weighted by Crippen LogP contribution is -2.25. The zero-order valence-electron chi connectivity index (χ0n) is 13.8. The summed E-state index contributed by atoms with van der Waals surface area (Å²) < 4.78 is 2.02. The van der Waals surface area contributed by atoms with Gasteiger partial charge in [0.25, 0.3) is 0 Å². The van der Waals surface area contributed by atoms with E-state index in [1.165, 1.54) is 30.2 Å². The first-order chi connectivity index (χ1) is 11.2. The van der Waals surface area contributed by atoms with Crippen molar-refractivity contribution >= 4 is 17.7 Å². The van der Waals surface area contributed by atoms with E-state index in [0.717, 1.165) is 23.7 Å². The molecule has 6 heteroatoms. The van der Waals surface area contributed by atoms with Crippen LogP contribution >= 0.6 is 11.8 Å². The molecule has 124 valence electrons. The summed E-state index contributed by atoms with van der Waals surface area (Å²) in [5, 5.41) is 11.8. The normalized spacial score (nSPS) is 10.7. The van der Waals surface area contributed by atoms with Crippen LogP contribution in [0.5, 0.6) is 0 Å². The van der Waals surface area contributed by atoms with Crippen LogP contribution in [-0.2, 0) is 17.9 Å². The lowest BCUT2D eigenvalue weighted by atomic mass is 10.1. The zero-order chi connectivity index (χ0) is 16.5. The molecule has 1 N–H and O–H groups in total. The third kappa shape index (κ3) is 5.71. The van der Waals surface area contributed by atoms with Crippen molar-refractivity contribution in [3.8, 4) is 0 Å². The number of aryl methyl sites for hydroxylation is 2. The quantitative estimate of drug-likeness (QED) is 0.566. The van der Waals surface area contributed by atoms with Gasteiger partial charge in [-0.05, 0) is 24.5 Å². The number of hydrogen-bond acceptors (Lipinski definition) is 4. The molecule has 0 aliphatic carbocycles. The van der Waals surface area contributed by atoms with Crippen LogP contribution in [0.4, 0.5) is 0 Å². The Labute approximate surface area is 141 Å². The molecule has 2 rings (SSSR count). The van der Waals surface area contributed by atoms with E-state index in [2.05, 4.69) is 35.4 Å². The van der Waals surface area contributed by atoms with Crippen LogP contribution in [0, 0.1) is 6.92 Å². The average molecular weight is 332 g/mol. The second-order valence-corrected chi connectivity index (χ2v) is 6.45. The Morgan fingerprint density at radius 3 is 2.91 bits per heavy atom. The summed E-state index contributed by atoms with van der Waals surface area (Å²) in [5.41, 5.74) is 2.34. The molecule has 0 bridgehead atoms. The zero-order valence-corrected chi connectivity index (χ0v) is 14.6. The SMILES string of the molecule is CCCCCn1cnnc1SCC(=O)NCc1ccccc1C. The number of amides is 1. The highest BCUT2D eigenvalue weighted by Gasteiger charge is 2.09. The lowest BCUT2D eigenvalue weighted by molar-refractivity contribution is -0.118. The Balaban J connectivity index is 1.76. The third-order valence-corrected chi connectivity index (χ3v) is 4.63. The van der Waals surface area contributed by atoms with Gasteiger partial charge in [0, 0.05) is 13.1 Å². The summed E-state index contributed by atoms with van der Waals surface area (Å²) in [6.07, 6.45) is 5.23. The van der Waals surface area contributed by atoms with E-state index in [9.17, 15) is 4.79 Å². The van der Waals surface area contributed by atoms with Crippen LogP contribution in [0.1, 0.15) is 37.3 Å². The second-order valence-electron chi connectivity index (χ2n) is 5.51. The number of hydrogen-bond donors (Lipinski definition) is 1. The number of thioether (sulfide) groups is 1. The molecule has 0 unspecified atom stereocenters. The molecule has 1 heterocycles. The first kappa shape index (κ1) is 17.5. The number of rotatable bonds is 9. The van der Waals surface area contributed by atoms with Gasteiger partial charge >= 0.3 is 0 Å². The van der Waals surface area contributed by atoms with Crippen molar-refractivity contribution in [2.45, 2.75) is 51.4 Å². The van der Waals surface area contributed by atoms with Crippen LogP contribution in [0.15, 0.2) is 35.7 Å². The van der Waals surface area contributed by atoms with E-state index in [1.54, 1.807) is 6.33 Å². The third-order valence-electron chi connectivity index (χ3n) is 3.65. The van der Waals surface area contributed by atoms with Crippen LogP contribution in [0.3, 0.4) is 0 Å². The first-order valence-electron chi connectivity index (χ1n) is 8.02. The molecular formula is C17H24N4OS. The molecule has 23 heavy (non-hydrogen) atoms. The number of carbonyl (C=O) groups is 1. The summed E-state index contributed by atoms with van der Waals surface area (Å²) in [6.45, 7) is 5.71. The van der Waals surface area contributed by atoms with Gasteiger partial charge in [-0.2, -0.15) is 0 Å². The fourth-order valence-corrected chi connectivity index (χ4v) is 3.00. The summed E-state index contributed by atoms with van der Waals surface area (Å²) in [5.74, 6) is 0.375. The molecule has 1 aromatic heterocycles. The molecular weight excluding hydrogens is 308 g/mol. The van der Waals surface area contributed by atoms with E-state index in [1.807, 2.05) is 22.8 Å². The number of aromatic nitrogens is 3. The predicted molar refractivity (Wildman–Crippen MR) is 93.3 cm³/mol. The molecule has 0 atom stereocenters. The van der Waals surface area contributed by atoms with Crippen LogP contribution in [-0.4, -0.2) is 26.4 Å². The fraction of sp³-hybridized carbons (Fsp3) is 0.471. The van der Waals surface area contributed by atoms with Crippen molar-refractivity contribution in [1.29, 1.82) is 0 Å². The molecule has 0 fully saturated rings. The Morgan fingerprint density at radius 1 is 1.30 bits per heavy atom. The molecule has 2 aromatic rings. The van der Waals surface area contributed by atoms with Crippen LogP contribution < -0.4 is 5.32 Å². The maximum Gasteiger partial charge on any atom is 0.230 e. The molecule has 1 aromatic carbocycles. The van der Waals surface area contributed by atoms with Crippen molar-refractivity contribution in [3.05, 3.63) is 41.7 Å². The van der Waals surface area contributed by atoms with Crippen molar-refractivity contribution in [3.63, 3.8) is 0 Å². The van der Waals surface area contributed by atoms with E-state index >= 15 is 0 Å². The second kappa shape index (κ2) is 9.35. The number of nitrogens with zero attached hydrogens (tertiary/aromatic N) is 3. The maximum atomic E-state index is 12.0. The summed E-state index contributed by atoms with van der Waals surface area (Å²) in [6, 6.07) is 8.08. The number of unbranched alkanes of at least 4 members (excludes halogenated alkanes) is 2. The van der Waals surface area contributed by atoms with E-state index in [4.69, 9.17) is 0 Å². The van der Waals surface area contributed by atoms with Gasteiger partial charge in [0.05, 0.1) is 5.75 Å². The van der Waals surface area contributed by atoms with Crippen molar-refractivity contribution in [2.24, 2.45) is 0 Å². The summed E-state index contributed by atoms with van der Waals surface area (Å²) >= 11 is 1.44. The maximum absolute atomic E-state index is 12.0. The van der Waals surface area contributed by atoms with Gasteiger partial charge < -0.3 is 9.88 Å². The molecule has 1 amide bonds. The van der Waals surface area contributed by atoms with Crippen molar-refractivity contribution < 1.29 is 4.79 Å². The molecule has 0 aliphatic rings. The number of nitrogens with one attached hydrogen (secondary N) is 1. The highest BCUT2D eigenvalue weighted by Crippen LogP contribution is 2.15. The highest BCUT2D eigenvalue weighted by atomic mass is 32.2. The first-order valence-corrected chi connectivity index (χ1v) is 9.01. The molecule has 0 spiro atoms. The minimum absolute atomic E-state index is 0.0151.